The number of hydrogen-bond acceptors (Lipinski definition) is 3. The van der Waals surface area contributed by atoms with Gasteiger partial charge in [0.05, 0.1) is 12.5 Å². The molecule has 2 N–H and O–H groups in total. The SMILES string of the molecule is COC(CNC(=O)N1CCC[C@H]2CCCC[C@H]21)CC(=O)O. The second kappa shape index (κ2) is 7.64. The van der Waals surface area contributed by atoms with Crippen LogP contribution in [0, 0.1) is 5.92 Å². The van der Waals surface area contributed by atoms with E-state index >= 15 is 0 Å². The molecule has 0 aromatic heterocycles. The van der Waals surface area contributed by atoms with Crippen LogP contribution >= 0.6 is 0 Å². The standard InChI is InChI=1S/C15H26N2O4/c1-21-12(9-14(18)19)10-16-15(20)17-8-4-6-11-5-2-3-7-13(11)17/h11-13H,2-10H2,1H3,(H,16,20)(H,18,19)/t11-,12?,13-/m1/s1. The lowest BCUT2D eigenvalue weighted by molar-refractivity contribution is -0.139. The number of methoxy groups -OCH3 is 1. The third-order valence-electron chi connectivity index (χ3n) is 4.72. The van der Waals surface area contributed by atoms with Crippen LogP contribution in [0.2, 0.25) is 0 Å². The van der Waals surface area contributed by atoms with Gasteiger partial charge in [0.15, 0.2) is 0 Å². The Morgan fingerprint density at radius 2 is 2.00 bits per heavy atom. The zero-order valence-electron chi connectivity index (χ0n) is 12.7. The summed E-state index contributed by atoms with van der Waals surface area (Å²) in [5, 5.41) is 11.6. The average molecular weight is 298 g/mol. The molecule has 1 unspecified atom stereocenters. The zero-order valence-corrected chi connectivity index (χ0v) is 12.7. The fraction of sp³-hybridized carbons (Fsp3) is 0.867. The highest BCUT2D eigenvalue weighted by Crippen LogP contribution is 2.35. The molecule has 3 atom stereocenters. The largest absolute Gasteiger partial charge is 0.481 e. The lowest BCUT2D eigenvalue weighted by Crippen LogP contribution is -2.54. The predicted molar refractivity (Wildman–Crippen MR) is 78.1 cm³/mol. The first-order chi connectivity index (χ1) is 10.1. The molecule has 6 nitrogen and oxygen atoms in total. The highest BCUT2D eigenvalue weighted by atomic mass is 16.5. The van der Waals surface area contributed by atoms with Crippen molar-refractivity contribution in [2.45, 2.75) is 57.1 Å². The molecule has 2 fully saturated rings. The van der Waals surface area contributed by atoms with Crippen LogP contribution in [-0.2, 0) is 9.53 Å². The number of urea groups is 1. The molecule has 0 bridgehead atoms. The number of ether oxygens (including phenoxy) is 1. The van der Waals surface area contributed by atoms with Crippen molar-refractivity contribution in [2.75, 3.05) is 20.2 Å². The van der Waals surface area contributed by atoms with Gasteiger partial charge in [0.25, 0.3) is 0 Å². The van der Waals surface area contributed by atoms with Crippen molar-refractivity contribution in [3.8, 4) is 0 Å². The normalized spacial score (nSPS) is 26.8. The number of carboxylic acid groups (broad SMARTS) is 1. The molecule has 0 aromatic carbocycles. The first-order valence-corrected chi connectivity index (χ1v) is 7.91. The molecule has 120 valence electrons. The molecule has 0 radical (unpaired) electrons. The average Bonchev–Trinajstić information content (AvgIpc) is 2.50. The predicted octanol–water partition coefficient (Wildman–Crippen LogP) is 1.84. The number of piperidine rings is 1. The minimum Gasteiger partial charge on any atom is -0.481 e. The van der Waals surface area contributed by atoms with Crippen LogP contribution in [0.4, 0.5) is 4.79 Å². The van der Waals surface area contributed by atoms with E-state index in [0.717, 1.165) is 19.4 Å². The third-order valence-corrected chi connectivity index (χ3v) is 4.72. The van der Waals surface area contributed by atoms with Crippen molar-refractivity contribution in [3.05, 3.63) is 0 Å². The van der Waals surface area contributed by atoms with Gasteiger partial charge < -0.3 is 20.1 Å². The molecular formula is C15H26N2O4. The number of fused-ring (bicyclic) bond motifs is 1. The quantitative estimate of drug-likeness (QED) is 0.811. The molecule has 21 heavy (non-hydrogen) atoms. The van der Waals surface area contributed by atoms with E-state index < -0.39 is 12.1 Å². The van der Waals surface area contributed by atoms with Crippen molar-refractivity contribution in [3.63, 3.8) is 0 Å². The van der Waals surface area contributed by atoms with Gasteiger partial charge in [-0.15, -0.1) is 0 Å². The Bertz CT molecular complexity index is 373. The number of carbonyl (C=O) groups excluding carboxylic acids is 1. The summed E-state index contributed by atoms with van der Waals surface area (Å²) in [6.45, 7) is 1.05. The summed E-state index contributed by atoms with van der Waals surface area (Å²) in [6.07, 6.45) is 6.54. The fourth-order valence-corrected chi connectivity index (χ4v) is 3.61. The van der Waals surface area contributed by atoms with Gasteiger partial charge in [-0.25, -0.2) is 4.79 Å². The maximum atomic E-state index is 12.4. The van der Waals surface area contributed by atoms with E-state index in [2.05, 4.69) is 5.32 Å². The number of carbonyl (C=O) groups is 2. The monoisotopic (exact) mass is 298 g/mol. The van der Waals surface area contributed by atoms with Gasteiger partial charge in [0.2, 0.25) is 0 Å². The summed E-state index contributed by atoms with van der Waals surface area (Å²) >= 11 is 0. The van der Waals surface area contributed by atoms with Crippen LogP contribution in [0.15, 0.2) is 0 Å². The van der Waals surface area contributed by atoms with Gasteiger partial charge in [-0.1, -0.05) is 12.8 Å². The van der Waals surface area contributed by atoms with Gasteiger partial charge in [-0.2, -0.15) is 0 Å². The number of carboxylic acids is 1. The number of nitrogens with zero attached hydrogens (tertiary/aromatic N) is 1. The van der Waals surface area contributed by atoms with Crippen molar-refractivity contribution >= 4 is 12.0 Å². The molecule has 2 aliphatic rings. The molecule has 0 spiro atoms. The lowest BCUT2D eigenvalue weighted by Gasteiger charge is -2.44. The highest BCUT2D eigenvalue weighted by molar-refractivity contribution is 5.75. The smallest absolute Gasteiger partial charge is 0.317 e. The van der Waals surface area contributed by atoms with E-state index in [9.17, 15) is 9.59 Å². The molecule has 6 heteroatoms. The van der Waals surface area contributed by atoms with E-state index in [1.807, 2.05) is 4.90 Å². The Labute approximate surface area is 125 Å². The number of aliphatic carboxylic acids is 1. The lowest BCUT2D eigenvalue weighted by atomic mass is 9.78. The Balaban J connectivity index is 1.85. The first-order valence-electron chi connectivity index (χ1n) is 7.91. The fourth-order valence-electron chi connectivity index (χ4n) is 3.61. The number of nitrogens with one attached hydrogen (secondary N) is 1. The molecular weight excluding hydrogens is 272 g/mol. The summed E-state index contributed by atoms with van der Waals surface area (Å²) in [4.78, 5) is 25.0. The van der Waals surface area contributed by atoms with E-state index in [1.54, 1.807) is 0 Å². The number of likely N-dealkylation sites (tertiary alicyclic amines) is 1. The van der Waals surface area contributed by atoms with E-state index in [0.29, 0.717) is 12.0 Å². The van der Waals surface area contributed by atoms with Crippen molar-refractivity contribution in [2.24, 2.45) is 5.92 Å². The molecule has 1 saturated heterocycles. The van der Waals surface area contributed by atoms with E-state index in [-0.39, 0.29) is 19.0 Å². The minimum atomic E-state index is -0.915. The highest BCUT2D eigenvalue weighted by Gasteiger charge is 2.35. The van der Waals surface area contributed by atoms with Gasteiger partial charge in [-0.3, -0.25) is 4.79 Å². The molecule has 1 aliphatic heterocycles. The van der Waals surface area contributed by atoms with Crippen molar-refractivity contribution < 1.29 is 19.4 Å². The second-order valence-corrected chi connectivity index (χ2v) is 6.09. The first kappa shape index (κ1) is 16.1. The maximum absolute atomic E-state index is 12.4. The Morgan fingerprint density at radius 3 is 2.71 bits per heavy atom. The summed E-state index contributed by atoms with van der Waals surface area (Å²) < 4.78 is 5.09. The molecule has 1 saturated carbocycles. The second-order valence-electron chi connectivity index (χ2n) is 6.09. The van der Waals surface area contributed by atoms with E-state index in [1.165, 1.54) is 32.8 Å². The number of rotatable bonds is 5. The summed E-state index contributed by atoms with van der Waals surface area (Å²) in [5.41, 5.74) is 0. The molecule has 1 aliphatic carbocycles. The third kappa shape index (κ3) is 4.33. The Morgan fingerprint density at radius 1 is 1.29 bits per heavy atom. The molecule has 1 heterocycles. The summed E-state index contributed by atoms with van der Waals surface area (Å²) in [7, 11) is 1.47. The van der Waals surface area contributed by atoms with Gasteiger partial charge in [0, 0.05) is 26.2 Å². The topological polar surface area (TPSA) is 78.9 Å². The van der Waals surface area contributed by atoms with Crippen LogP contribution in [0.5, 0.6) is 0 Å². The molecule has 2 rings (SSSR count). The Kier molecular flexibility index (Phi) is 5.85. The number of hydrogen-bond donors (Lipinski definition) is 2. The van der Waals surface area contributed by atoms with Crippen LogP contribution in [-0.4, -0.2) is 54.4 Å². The van der Waals surface area contributed by atoms with Crippen LogP contribution in [0.1, 0.15) is 44.9 Å². The molecule has 0 aromatic rings. The summed E-state index contributed by atoms with van der Waals surface area (Å²) in [6, 6.07) is 0.298. The summed E-state index contributed by atoms with van der Waals surface area (Å²) in [5.74, 6) is -0.267. The van der Waals surface area contributed by atoms with Gasteiger partial charge in [0.1, 0.15) is 0 Å². The Hall–Kier alpha value is -1.30. The molecule has 2 amide bonds. The minimum absolute atomic E-state index is 0.0703. The van der Waals surface area contributed by atoms with Gasteiger partial charge >= 0.3 is 12.0 Å². The maximum Gasteiger partial charge on any atom is 0.317 e. The van der Waals surface area contributed by atoms with Crippen LogP contribution < -0.4 is 5.32 Å². The van der Waals surface area contributed by atoms with Crippen molar-refractivity contribution in [1.29, 1.82) is 0 Å². The van der Waals surface area contributed by atoms with Crippen molar-refractivity contribution in [1.82, 2.24) is 10.2 Å². The van der Waals surface area contributed by atoms with Crippen LogP contribution in [0.25, 0.3) is 0 Å². The van der Waals surface area contributed by atoms with Gasteiger partial charge in [-0.05, 0) is 31.6 Å². The zero-order chi connectivity index (χ0) is 15.2. The van der Waals surface area contributed by atoms with Crippen LogP contribution in [0.3, 0.4) is 0 Å². The van der Waals surface area contributed by atoms with E-state index in [4.69, 9.17) is 9.84 Å². The number of amides is 2.